The maximum atomic E-state index is 12.5. The van der Waals surface area contributed by atoms with Crippen LogP contribution in [0.3, 0.4) is 0 Å². The van der Waals surface area contributed by atoms with Crippen molar-refractivity contribution in [2.75, 3.05) is 13.2 Å². The van der Waals surface area contributed by atoms with E-state index in [1.165, 1.54) is 244 Å². The Morgan fingerprint density at radius 2 is 0.708 bits per heavy atom. The number of unbranched alkanes of at least 4 members (excludes halogenated alkanes) is 44. The molecule has 6 nitrogen and oxygen atoms in total. The van der Waals surface area contributed by atoms with E-state index in [4.69, 9.17) is 4.74 Å². The van der Waals surface area contributed by atoms with Crippen LogP contribution in [-0.2, 0) is 14.3 Å². The summed E-state index contributed by atoms with van der Waals surface area (Å²) in [7, 11) is 0. The first-order valence-electron chi connectivity index (χ1n) is 29.5. The molecule has 1 amide bonds. The molecule has 0 saturated heterocycles. The van der Waals surface area contributed by atoms with Gasteiger partial charge in [0, 0.05) is 12.8 Å². The highest BCUT2D eigenvalue weighted by atomic mass is 16.5. The fraction of sp³-hybridized carbons (Fsp3) is 0.932. The SMILES string of the molecule is CCCCCCCCCCCCCCCCCCCCCC/C=C/C(O)C(CO)NC(=O)CCCCCCCCCCCOC(=O)CCCCCCCCCCCCCCCCCCC. The average molecular weight is 919 g/mol. The molecule has 0 aromatic heterocycles. The Morgan fingerprint density at radius 1 is 0.415 bits per heavy atom. The molecule has 0 aliphatic heterocycles. The largest absolute Gasteiger partial charge is 0.466 e. The minimum Gasteiger partial charge on any atom is -0.466 e. The molecule has 0 saturated carbocycles. The molecule has 0 heterocycles. The van der Waals surface area contributed by atoms with E-state index in [1.807, 2.05) is 6.08 Å². The highest BCUT2D eigenvalue weighted by molar-refractivity contribution is 5.76. The lowest BCUT2D eigenvalue weighted by Gasteiger charge is -2.20. The second kappa shape index (κ2) is 55.2. The second-order valence-corrected chi connectivity index (χ2v) is 20.3. The third-order valence-electron chi connectivity index (χ3n) is 13.8. The van der Waals surface area contributed by atoms with Crippen LogP contribution >= 0.6 is 0 Å². The molecular weight excluding hydrogens is 803 g/mol. The van der Waals surface area contributed by atoms with E-state index in [2.05, 4.69) is 19.2 Å². The number of hydrogen-bond donors (Lipinski definition) is 3. The van der Waals surface area contributed by atoms with Crippen molar-refractivity contribution in [1.82, 2.24) is 5.32 Å². The Bertz CT molecular complexity index is 970. The number of allylic oxidation sites excluding steroid dienone is 1. The molecule has 6 heteroatoms. The summed E-state index contributed by atoms with van der Waals surface area (Å²) in [5.41, 5.74) is 0. The number of nitrogens with one attached hydrogen (secondary N) is 1. The minimum absolute atomic E-state index is 0.0223. The van der Waals surface area contributed by atoms with Gasteiger partial charge in [-0.15, -0.1) is 0 Å². The van der Waals surface area contributed by atoms with Gasteiger partial charge in [-0.1, -0.05) is 296 Å². The van der Waals surface area contributed by atoms with E-state index < -0.39 is 12.1 Å². The Morgan fingerprint density at radius 3 is 1.05 bits per heavy atom. The van der Waals surface area contributed by atoms with E-state index >= 15 is 0 Å². The average Bonchev–Trinajstić information content (AvgIpc) is 3.31. The zero-order valence-electron chi connectivity index (χ0n) is 44.0. The van der Waals surface area contributed by atoms with Gasteiger partial charge in [0.05, 0.1) is 25.4 Å². The summed E-state index contributed by atoms with van der Waals surface area (Å²) in [5.74, 6) is -0.113. The van der Waals surface area contributed by atoms with Gasteiger partial charge in [0.25, 0.3) is 0 Å². The maximum absolute atomic E-state index is 12.5. The number of ether oxygens (including phenoxy) is 1. The highest BCUT2D eigenvalue weighted by Crippen LogP contribution is 2.18. The van der Waals surface area contributed by atoms with Gasteiger partial charge < -0.3 is 20.3 Å². The molecule has 3 N–H and O–H groups in total. The molecule has 0 bridgehead atoms. The Labute approximate surface area is 406 Å². The van der Waals surface area contributed by atoms with Crippen LogP contribution in [0, 0.1) is 0 Å². The summed E-state index contributed by atoms with van der Waals surface area (Å²) in [4.78, 5) is 24.6. The van der Waals surface area contributed by atoms with Crippen molar-refractivity contribution in [3.8, 4) is 0 Å². The van der Waals surface area contributed by atoms with Crippen LogP contribution in [0.15, 0.2) is 12.2 Å². The van der Waals surface area contributed by atoms with Gasteiger partial charge in [-0.2, -0.15) is 0 Å². The molecule has 0 spiro atoms. The Kier molecular flexibility index (Phi) is 54.0. The molecule has 386 valence electrons. The van der Waals surface area contributed by atoms with Crippen molar-refractivity contribution in [2.24, 2.45) is 0 Å². The Hall–Kier alpha value is -1.40. The monoisotopic (exact) mass is 918 g/mol. The molecule has 2 atom stereocenters. The van der Waals surface area contributed by atoms with Crippen LogP contribution in [-0.4, -0.2) is 47.4 Å². The molecule has 65 heavy (non-hydrogen) atoms. The topological polar surface area (TPSA) is 95.9 Å². The van der Waals surface area contributed by atoms with Crippen LogP contribution in [0.5, 0.6) is 0 Å². The Balaban J connectivity index is 3.49. The molecule has 0 rings (SSSR count). The quantitative estimate of drug-likeness (QED) is 0.0321. The number of rotatable bonds is 55. The lowest BCUT2D eigenvalue weighted by molar-refractivity contribution is -0.143. The van der Waals surface area contributed by atoms with E-state index in [0.29, 0.717) is 19.4 Å². The zero-order valence-corrected chi connectivity index (χ0v) is 44.0. The molecule has 2 unspecified atom stereocenters. The summed E-state index contributed by atoms with van der Waals surface area (Å²) < 4.78 is 5.47. The molecule has 0 aliphatic carbocycles. The number of carbonyl (C=O) groups is 2. The predicted octanol–water partition coefficient (Wildman–Crippen LogP) is 18.1. The summed E-state index contributed by atoms with van der Waals surface area (Å²) in [5, 5.41) is 23.2. The fourth-order valence-corrected chi connectivity index (χ4v) is 9.28. The summed E-state index contributed by atoms with van der Waals surface area (Å²) in [6.07, 6.45) is 65.2. The van der Waals surface area contributed by atoms with Gasteiger partial charge in [-0.3, -0.25) is 9.59 Å². The smallest absolute Gasteiger partial charge is 0.305 e. The predicted molar refractivity (Wildman–Crippen MR) is 283 cm³/mol. The highest BCUT2D eigenvalue weighted by Gasteiger charge is 2.18. The van der Waals surface area contributed by atoms with Crippen molar-refractivity contribution in [1.29, 1.82) is 0 Å². The van der Waals surface area contributed by atoms with Crippen molar-refractivity contribution < 1.29 is 24.5 Å². The first-order chi connectivity index (χ1) is 32.0. The van der Waals surface area contributed by atoms with E-state index in [1.54, 1.807) is 6.08 Å². The van der Waals surface area contributed by atoms with Crippen LogP contribution in [0.1, 0.15) is 328 Å². The summed E-state index contributed by atoms with van der Waals surface area (Å²) in [6.45, 7) is 4.87. The molecule has 0 fully saturated rings. The van der Waals surface area contributed by atoms with E-state index in [-0.39, 0.29) is 18.5 Å². The number of aliphatic hydroxyl groups excluding tert-OH is 2. The molecular formula is C59H115NO5. The third kappa shape index (κ3) is 51.8. The standard InChI is InChI=1S/C59H115NO5/c1-3-5-7-9-11-13-15-17-19-21-22-23-24-25-27-28-30-32-35-39-43-47-51-57(62)56(55-61)60-58(63)52-48-44-40-36-34-38-42-46-50-54-65-59(64)53-49-45-41-37-33-31-29-26-20-18-16-14-12-10-8-6-4-2/h47,51,56-57,61-62H,3-46,48-50,52-55H2,1-2H3,(H,60,63)/b51-47+. The van der Waals surface area contributed by atoms with Crippen LogP contribution in [0.4, 0.5) is 0 Å². The number of amides is 1. The number of carbonyl (C=O) groups excluding carboxylic acids is 2. The van der Waals surface area contributed by atoms with Gasteiger partial charge in [0.15, 0.2) is 0 Å². The molecule has 0 aliphatic rings. The summed E-state index contributed by atoms with van der Waals surface area (Å²) >= 11 is 0. The number of hydrogen-bond acceptors (Lipinski definition) is 5. The fourth-order valence-electron chi connectivity index (χ4n) is 9.28. The normalized spacial score (nSPS) is 12.6. The van der Waals surface area contributed by atoms with E-state index in [0.717, 1.165) is 57.8 Å². The van der Waals surface area contributed by atoms with Gasteiger partial charge >= 0.3 is 5.97 Å². The number of esters is 1. The van der Waals surface area contributed by atoms with Crippen molar-refractivity contribution in [3.05, 3.63) is 12.2 Å². The molecule has 0 aromatic carbocycles. The zero-order chi connectivity index (χ0) is 47.2. The van der Waals surface area contributed by atoms with Gasteiger partial charge in [-0.25, -0.2) is 0 Å². The molecule has 0 radical (unpaired) electrons. The van der Waals surface area contributed by atoms with Gasteiger partial charge in [0.2, 0.25) is 5.91 Å². The lowest BCUT2D eigenvalue weighted by atomic mass is 10.0. The van der Waals surface area contributed by atoms with Crippen molar-refractivity contribution >= 4 is 11.9 Å². The third-order valence-corrected chi connectivity index (χ3v) is 13.8. The summed E-state index contributed by atoms with van der Waals surface area (Å²) in [6, 6.07) is -0.647. The van der Waals surface area contributed by atoms with Crippen LogP contribution < -0.4 is 5.32 Å². The minimum atomic E-state index is -0.862. The second-order valence-electron chi connectivity index (χ2n) is 20.3. The van der Waals surface area contributed by atoms with Crippen LogP contribution in [0.2, 0.25) is 0 Å². The number of aliphatic hydroxyl groups is 2. The van der Waals surface area contributed by atoms with Crippen molar-refractivity contribution in [3.63, 3.8) is 0 Å². The maximum Gasteiger partial charge on any atom is 0.305 e. The first-order valence-corrected chi connectivity index (χ1v) is 29.5. The lowest BCUT2D eigenvalue weighted by Crippen LogP contribution is -2.45. The van der Waals surface area contributed by atoms with Gasteiger partial charge in [-0.05, 0) is 32.1 Å². The van der Waals surface area contributed by atoms with E-state index in [9.17, 15) is 19.8 Å². The molecule has 0 aromatic rings. The first kappa shape index (κ1) is 63.6. The van der Waals surface area contributed by atoms with Crippen molar-refractivity contribution in [2.45, 2.75) is 341 Å². The van der Waals surface area contributed by atoms with Gasteiger partial charge in [0.1, 0.15) is 0 Å². The van der Waals surface area contributed by atoms with Crippen LogP contribution in [0.25, 0.3) is 0 Å².